The van der Waals surface area contributed by atoms with Crippen LogP contribution in [0.25, 0.3) is 28.6 Å². The van der Waals surface area contributed by atoms with Gasteiger partial charge in [0.2, 0.25) is 11.8 Å². The zero-order valence-corrected chi connectivity index (χ0v) is 31.2. The topological polar surface area (TPSA) is 132 Å². The smallest absolute Gasteiger partial charge is 0.272 e. The lowest BCUT2D eigenvalue weighted by Gasteiger charge is -2.18. The van der Waals surface area contributed by atoms with Gasteiger partial charge in [0.15, 0.2) is 17.1 Å². The van der Waals surface area contributed by atoms with Crippen molar-refractivity contribution in [3.8, 4) is 23.0 Å². The fourth-order valence-electron chi connectivity index (χ4n) is 5.91. The molecule has 6 aromatic carbocycles. The van der Waals surface area contributed by atoms with Gasteiger partial charge in [0, 0.05) is 33.0 Å². The highest BCUT2D eigenvalue weighted by atomic mass is 32.2. The maximum atomic E-state index is 13.9. The van der Waals surface area contributed by atoms with Crippen LogP contribution in [0.3, 0.4) is 0 Å². The first kappa shape index (κ1) is 37.2. The predicted molar refractivity (Wildman–Crippen MR) is 220 cm³/mol. The summed E-state index contributed by atoms with van der Waals surface area (Å²) in [7, 11) is 3.02. The Hall–Kier alpha value is -7.11. The Morgan fingerprint density at radius 3 is 2.16 bits per heavy atom. The maximum Gasteiger partial charge on any atom is 0.272 e. The van der Waals surface area contributed by atoms with Crippen LogP contribution >= 0.6 is 11.8 Å². The lowest BCUT2D eigenvalue weighted by molar-refractivity contribution is -0.116. The van der Waals surface area contributed by atoms with E-state index in [1.807, 2.05) is 84.9 Å². The predicted octanol–water partition coefficient (Wildman–Crippen LogP) is 9.39. The van der Waals surface area contributed by atoms with E-state index >= 15 is 0 Å². The molecule has 0 aliphatic heterocycles. The first-order chi connectivity index (χ1) is 27.4. The highest BCUT2D eigenvalue weighted by Crippen LogP contribution is 2.38. The molecule has 0 fully saturated rings. The van der Waals surface area contributed by atoms with Crippen LogP contribution in [-0.2, 0) is 9.59 Å². The number of methoxy groups -OCH3 is 2. The molecule has 0 bridgehead atoms. The van der Waals surface area contributed by atoms with Crippen LogP contribution in [0.2, 0.25) is 0 Å². The fraction of sp³-hybridized carbons (Fsp3) is 0.0667. The Balaban J connectivity index is 1.11. The first-order valence-electron chi connectivity index (χ1n) is 17.6. The summed E-state index contributed by atoms with van der Waals surface area (Å²) in [5.74, 6) is 0.100. The summed E-state index contributed by atoms with van der Waals surface area (Å²) in [6, 6.07) is 45.4. The van der Waals surface area contributed by atoms with Crippen LogP contribution in [0, 0.1) is 0 Å². The summed E-state index contributed by atoms with van der Waals surface area (Å²) in [5, 5.41) is 8.09. The SMILES string of the molecule is COc1cccc(/C=C(/NC(=O)c2ccccc2)C(=O)Nc2cccc(SC(C(=O)Nc3ccc(-c4nc5ccccc5o4)cc3)c3ccccc3)c2)c1OC. The molecule has 10 nitrogen and oxygen atoms in total. The molecule has 0 aliphatic carbocycles. The number of carbonyl (C=O) groups is 3. The number of thioether (sulfide) groups is 1. The number of hydrogen-bond acceptors (Lipinski definition) is 8. The number of nitrogens with one attached hydrogen (secondary N) is 3. The van der Waals surface area contributed by atoms with Gasteiger partial charge < -0.3 is 29.8 Å². The fourth-order valence-corrected chi connectivity index (χ4v) is 6.99. The molecule has 0 aliphatic rings. The van der Waals surface area contributed by atoms with Gasteiger partial charge in [-0.3, -0.25) is 14.4 Å². The zero-order valence-electron chi connectivity index (χ0n) is 30.4. The number of benzene rings is 6. The van der Waals surface area contributed by atoms with E-state index in [-0.39, 0.29) is 11.6 Å². The number of anilines is 2. The number of nitrogens with zero attached hydrogens (tertiary/aromatic N) is 1. The summed E-state index contributed by atoms with van der Waals surface area (Å²) in [4.78, 5) is 46.4. The number of para-hydroxylation sites is 3. The molecule has 278 valence electrons. The minimum absolute atomic E-state index is 0.0212. The number of carbonyl (C=O) groups excluding carboxylic acids is 3. The van der Waals surface area contributed by atoms with Gasteiger partial charge in [-0.05, 0) is 84.4 Å². The Bertz CT molecular complexity index is 2490. The second-order valence-electron chi connectivity index (χ2n) is 12.4. The Kier molecular flexibility index (Phi) is 11.5. The normalized spacial score (nSPS) is 11.7. The molecule has 1 unspecified atom stereocenters. The molecule has 1 aromatic heterocycles. The van der Waals surface area contributed by atoms with Crippen LogP contribution in [0.1, 0.15) is 26.7 Å². The van der Waals surface area contributed by atoms with Gasteiger partial charge in [-0.2, -0.15) is 0 Å². The van der Waals surface area contributed by atoms with E-state index in [4.69, 9.17) is 13.9 Å². The maximum absolute atomic E-state index is 13.9. The van der Waals surface area contributed by atoms with Crippen LogP contribution < -0.4 is 25.4 Å². The molecule has 11 heteroatoms. The lowest BCUT2D eigenvalue weighted by atomic mass is 10.1. The molecule has 56 heavy (non-hydrogen) atoms. The highest BCUT2D eigenvalue weighted by molar-refractivity contribution is 8.00. The first-order valence-corrected chi connectivity index (χ1v) is 18.5. The van der Waals surface area contributed by atoms with E-state index in [2.05, 4.69) is 20.9 Å². The van der Waals surface area contributed by atoms with Gasteiger partial charge in [0.25, 0.3) is 11.8 Å². The number of ether oxygens (including phenoxy) is 2. The summed E-state index contributed by atoms with van der Waals surface area (Å²) in [5.41, 5.74) is 5.01. The van der Waals surface area contributed by atoms with E-state index < -0.39 is 17.1 Å². The quantitative estimate of drug-likeness (QED) is 0.0783. The number of oxazole rings is 1. The third-order valence-electron chi connectivity index (χ3n) is 8.64. The van der Waals surface area contributed by atoms with Crippen LogP contribution in [0.4, 0.5) is 11.4 Å². The van der Waals surface area contributed by atoms with E-state index in [1.54, 1.807) is 66.7 Å². The highest BCUT2D eigenvalue weighted by Gasteiger charge is 2.23. The standard InChI is InChI=1S/C45H36N4O6S/c1-53-39-22-11-17-32(40(39)54-2)27-37(48-42(50)30-15-7-4-8-16-30)43(51)47-34-18-12-19-35(28-34)56-41(29-13-5-3-6-14-29)44(52)46-33-25-23-31(24-26-33)45-49-36-20-9-10-21-38(36)55-45/h3-28,41H,1-2H3,(H,46,52)(H,47,51)(H,48,50)/b37-27+. The van der Waals surface area contributed by atoms with Gasteiger partial charge in [-0.15, -0.1) is 11.8 Å². The molecule has 7 aromatic rings. The lowest BCUT2D eigenvalue weighted by Crippen LogP contribution is -2.30. The van der Waals surface area contributed by atoms with E-state index in [1.165, 1.54) is 32.1 Å². The zero-order chi connectivity index (χ0) is 38.9. The van der Waals surface area contributed by atoms with Gasteiger partial charge in [-0.25, -0.2) is 4.98 Å². The van der Waals surface area contributed by atoms with E-state index in [0.29, 0.717) is 45.5 Å². The third-order valence-corrected chi connectivity index (χ3v) is 9.89. The molecular weight excluding hydrogens is 725 g/mol. The Labute approximate surface area is 327 Å². The number of fused-ring (bicyclic) bond motifs is 1. The van der Waals surface area contributed by atoms with Crippen LogP contribution in [0.15, 0.2) is 167 Å². The minimum Gasteiger partial charge on any atom is -0.493 e. The third kappa shape index (κ3) is 8.81. The van der Waals surface area contributed by atoms with Crippen molar-refractivity contribution in [2.75, 3.05) is 24.9 Å². The van der Waals surface area contributed by atoms with E-state index in [9.17, 15) is 14.4 Å². The van der Waals surface area contributed by atoms with Crippen LogP contribution in [0.5, 0.6) is 11.5 Å². The molecular formula is C45H36N4O6S. The van der Waals surface area contributed by atoms with Crippen molar-refractivity contribution in [1.29, 1.82) is 0 Å². The van der Waals surface area contributed by atoms with Crippen molar-refractivity contribution in [1.82, 2.24) is 10.3 Å². The minimum atomic E-state index is -0.639. The number of hydrogen-bond donors (Lipinski definition) is 3. The van der Waals surface area contributed by atoms with Gasteiger partial charge in [0.1, 0.15) is 16.5 Å². The number of rotatable bonds is 13. The van der Waals surface area contributed by atoms with Crippen molar-refractivity contribution < 1.29 is 28.3 Å². The average molecular weight is 761 g/mol. The van der Waals surface area contributed by atoms with Gasteiger partial charge in [0.05, 0.1) is 14.2 Å². The molecule has 3 N–H and O–H groups in total. The molecule has 3 amide bonds. The summed E-state index contributed by atoms with van der Waals surface area (Å²) >= 11 is 1.34. The summed E-state index contributed by atoms with van der Waals surface area (Å²) in [6.45, 7) is 0. The van der Waals surface area contributed by atoms with E-state index in [0.717, 1.165) is 21.5 Å². The molecule has 1 atom stereocenters. The van der Waals surface area contributed by atoms with Crippen molar-refractivity contribution in [2.24, 2.45) is 0 Å². The van der Waals surface area contributed by atoms with Gasteiger partial charge in [-0.1, -0.05) is 78.9 Å². The largest absolute Gasteiger partial charge is 0.493 e. The summed E-state index contributed by atoms with van der Waals surface area (Å²) < 4.78 is 16.9. The van der Waals surface area contributed by atoms with Crippen molar-refractivity contribution in [3.63, 3.8) is 0 Å². The molecule has 7 rings (SSSR count). The van der Waals surface area contributed by atoms with Gasteiger partial charge >= 0.3 is 0 Å². The molecule has 0 spiro atoms. The number of aromatic nitrogens is 1. The number of amides is 3. The Morgan fingerprint density at radius 2 is 1.43 bits per heavy atom. The van der Waals surface area contributed by atoms with Crippen LogP contribution in [-0.4, -0.2) is 36.9 Å². The monoisotopic (exact) mass is 760 g/mol. The van der Waals surface area contributed by atoms with Crippen molar-refractivity contribution >= 4 is 58.0 Å². The van der Waals surface area contributed by atoms with Crippen molar-refractivity contribution in [2.45, 2.75) is 10.1 Å². The second-order valence-corrected chi connectivity index (χ2v) is 13.6. The molecule has 1 heterocycles. The Morgan fingerprint density at radius 1 is 0.714 bits per heavy atom. The van der Waals surface area contributed by atoms with Crippen molar-refractivity contribution in [3.05, 3.63) is 174 Å². The second kappa shape index (κ2) is 17.4. The molecule has 0 saturated carbocycles. The molecule has 0 radical (unpaired) electrons. The molecule has 0 saturated heterocycles. The summed E-state index contributed by atoms with van der Waals surface area (Å²) in [6.07, 6.45) is 1.53. The average Bonchev–Trinajstić information content (AvgIpc) is 3.68.